The first kappa shape index (κ1) is 47.9. The maximum Gasteiger partial charge on any atom is 0.352 e. The van der Waals surface area contributed by atoms with Crippen LogP contribution < -0.4 is 4.74 Å². The monoisotopic (exact) mass is 878 g/mol. The summed E-state index contributed by atoms with van der Waals surface area (Å²) in [4.78, 5) is 101. The predicted molar refractivity (Wildman–Crippen MR) is 204 cm³/mol. The minimum atomic E-state index is -2.50. The SMILES string of the molecule is CCOc1ccc(Cc2cc([C@]3(OC[C@@H]4OC(=O)[C@H](OC(C)=O)[C@@H](OC(C)=O)[C@@H]4OC(C)=O)O[C@H](COC(C)=O)[C@@H](OC(C)=O)[C@H](OC(C)=O)[C@H]3OC(C)=O)ccc2Cl)cc1. The van der Waals surface area contributed by atoms with Crippen LogP contribution in [-0.2, 0) is 97.9 Å². The Kier molecular flexibility index (Phi) is 16.6. The molecule has 0 bridgehead atoms. The quantitative estimate of drug-likeness (QED) is 0.174. The van der Waals surface area contributed by atoms with Crippen LogP contribution in [0.3, 0.4) is 0 Å². The maximum atomic E-state index is 13.4. The average Bonchev–Trinajstić information content (AvgIpc) is 3.15. The molecule has 0 unspecified atom stereocenters. The van der Waals surface area contributed by atoms with Gasteiger partial charge in [-0.1, -0.05) is 29.8 Å². The molecule has 9 atom stereocenters. The number of halogens is 1. The Bertz CT molecular complexity index is 1970. The van der Waals surface area contributed by atoms with E-state index in [4.69, 9.17) is 63.7 Å². The molecule has 0 saturated carbocycles. The first-order valence-electron chi connectivity index (χ1n) is 18.9. The fourth-order valence-electron chi connectivity index (χ4n) is 6.80. The van der Waals surface area contributed by atoms with Crippen molar-refractivity contribution in [1.29, 1.82) is 0 Å². The van der Waals surface area contributed by atoms with Crippen LogP contribution in [0.15, 0.2) is 42.5 Å². The lowest BCUT2D eigenvalue weighted by Crippen LogP contribution is -2.68. The highest BCUT2D eigenvalue weighted by Crippen LogP contribution is 2.45. The smallest absolute Gasteiger partial charge is 0.352 e. The van der Waals surface area contributed by atoms with Gasteiger partial charge in [0.05, 0.1) is 13.2 Å². The van der Waals surface area contributed by atoms with Gasteiger partial charge in [-0.05, 0) is 48.7 Å². The van der Waals surface area contributed by atoms with E-state index in [0.717, 1.165) is 54.0 Å². The summed E-state index contributed by atoms with van der Waals surface area (Å²) < 4.78 is 62.8. The minimum Gasteiger partial charge on any atom is -0.494 e. The van der Waals surface area contributed by atoms with Crippen LogP contribution in [0.1, 0.15) is 72.1 Å². The molecule has 0 radical (unpaired) electrons. The fourth-order valence-corrected chi connectivity index (χ4v) is 6.98. The van der Waals surface area contributed by atoms with Crippen LogP contribution in [0, 0.1) is 0 Å². The van der Waals surface area contributed by atoms with Gasteiger partial charge in [-0.3, -0.25) is 33.6 Å². The second kappa shape index (κ2) is 21.1. The summed E-state index contributed by atoms with van der Waals surface area (Å²) in [5.41, 5.74) is 1.26. The van der Waals surface area contributed by atoms with Crippen molar-refractivity contribution in [3.8, 4) is 5.75 Å². The fraction of sp³-hybridized carbons (Fsp3) is 0.512. The first-order valence-corrected chi connectivity index (χ1v) is 19.3. The van der Waals surface area contributed by atoms with E-state index in [9.17, 15) is 38.4 Å². The van der Waals surface area contributed by atoms with Crippen LogP contribution in [0.25, 0.3) is 0 Å². The molecule has 0 aliphatic carbocycles. The lowest BCUT2D eigenvalue weighted by atomic mass is 9.86. The van der Waals surface area contributed by atoms with E-state index in [1.165, 1.54) is 18.2 Å². The van der Waals surface area contributed by atoms with Gasteiger partial charge in [0.2, 0.25) is 18.0 Å². The minimum absolute atomic E-state index is 0.0239. The van der Waals surface area contributed by atoms with Crippen molar-refractivity contribution in [2.75, 3.05) is 19.8 Å². The van der Waals surface area contributed by atoms with Gasteiger partial charge in [-0.15, -0.1) is 0 Å². The van der Waals surface area contributed by atoms with E-state index in [-0.39, 0.29) is 17.0 Å². The van der Waals surface area contributed by atoms with Crippen molar-refractivity contribution in [1.82, 2.24) is 0 Å². The Hall–Kier alpha value is -5.79. The summed E-state index contributed by atoms with van der Waals surface area (Å²) in [7, 11) is 0. The Morgan fingerprint density at radius 3 is 1.72 bits per heavy atom. The normalized spacial score (nSPS) is 25.8. The van der Waals surface area contributed by atoms with Gasteiger partial charge in [-0.2, -0.15) is 0 Å². The van der Waals surface area contributed by atoms with E-state index < -0.39 is 116 Å². The molecule has 2 heterocycles. The maximum absolute atomic E-state index is 13.4. The molecular formula is C41H47ClO19. The number of hydrogen-bond acceptors (Lipinski definition) is 19. The molecule has 0 N–H and O–H groups in total. The number of ether oxygens (including phenoxy) is 11. The molecule has 0 aromatic heterocycles. The van der Waals surface area contributed by atoms with Crippen LogP contribution in [-0.4, -0.2) is 116 Å². The summed E-state index contributed by atoms with van der Waals surface area (Å²) in [5.74, 6) is -9.54. The molecule has 0 spiro atoms. The number of carbonyl (C=O) groups is 8. The van der Waals surface area contributed by atoms with Crippen molar-refractivity contribution >= 4 is 59.4 Å². The van der Waals surface area contributed by atoms with Crippen LogP contribution in [0.2, 0.25) is 5.02 Å². The van der Waals surface area contributed by atoms with E-state index in [2.05, 4.69) is 0 Å². The second-order valence-electron chi connectivity index (χ2n) is 13.8. The average molecular weight is 879 g/mol. The number of carbonyl (C=O) groups excluding carboxylic acids is 8. The summed E-state index contributed by atoms with van der Waals surface area (Å²) in [6.07, 6.45) is -13.7. The highest BCUT2D eigenvalue weighted by atomic mass is 35.5. The second-order valence-corrected chi connectivity index (χ2v) is 14.2. The lowest BCUT2D eigenvalue weighted by molar-refractivity contribution is -0.379. The summed E-state index contributed by atoms with van der Waals surface area (Å²) in [6, 6.07) is 11.6. The Morgan fingerprint density at radius 1 is 0.639 bits per heavy atom. The van der Waals surface area contributed by atoms with E-state index >= 15 is 0 Å². The van der Waals surface area contributed by atoms with Gasteiger partial charge in [-0.25, -0.2) is 4.79 Å². The summed E-state index contributed by atoms with van der Waals surface area (Å²) >= 11 is 6.75. The third-order valence-electron chi connectivity index (χ3n) is 8.96. The van der Waals surface area contributed by atoms with Crippen LogP contribution in [0.4, 0.5) is 0 Å². The van der Waals surface area contributed by atoms with E-state index in [0.29, 0.717) is 17.9 Å². The molecule has 2 aromatic rings. The summed E-state index contributed by atoms with van der Waals surface area (Å²) in [6.45, 7) is 8.00. The Morgan fingerprint density at radius 2 is 1.18 bits per heavy atom. The van der Waals surface area contributed by atoms with E-state index in [1.807, 2.05) is 19.1 Å². The molecule has 2 saturated heterocycles. The van der Waals surface area contributed by atoms with Gasteiger partial charge in [0.1, 0.15) is 18.5 Å². The van der Waals surface area contributed by atoms with E-state index in [1.54, 1.807) is 12.1 Å². The Balaban J connectivity index is 1.98. The molecule has 0 amide bonds. The number of benzene rings is 2. The molecule has 2 aromatic carbocycles. The van der Waals surface area contributed by atoms with Gasteiger partial charge >= 0.3 is 47.8 Å². The highest BCUT2D eigenvalue weighted by molar-refractivity contribution is 6.31. The number of hydrogen-bond donors (Lipinski definition) is 0. The Labute approximate surface area is 355 Å². The summed E-state index contributed by atoms with van der Waals surface area (Å²) in [5, 5.41) is 0.260. The lowest BCUT2D eigenvalue weighted by Gasteiger charge is -2.51. The first-order chi connectivity index (χ1) is 28.7. The highest BCUT2D eigenvalue weighted by Gasteiger charge is 2.63. The van der Waals surface area contributed by atoms with Crippen molar-refractivity contribution in [2.24, 2.45) is 0 Å². The van der Waals surface area contributed by atoms with Gasteiger partial charge in [0.15, 0.2) is 30.5 Å². The van der Waals surface area contributed by atoms with Gasteiger partial charge in [0.25, 0.3) is 0 Å². The van der Waals surface area contributed by atoms with Gasteiger partial charge < -0.3 is 52.1 Å². The molecule has 332 valence electrons. The number of cyclic esters (lactones) is 1. The predicted octanol–water partition coefficient (Wildman–Crippen LogP) is 2.98. The zero-order valence-corrected chi connectivity index (χ0v) is 35.4. The molecule has 2 aliphatic rings. The standard InChI is InChI=1S/C41H47ClO19/c1-9-51-30-13-10-27(11-14-30)16-28-17-29(12-15-31(28)42)41(53-19-32-34(54-21(3)44)36(56-23(5)46)38(40(50)60-32)58-25(7)48)39(59-26(8)49)37(57-24(6)47)35(55-22(4)45)33(61-41)18-52-20(2)43/h10-15,17,32-39H,9,16,18-19H2,1-8H3/t32-,33+,34+,35+,36-,37-,38+,39+,41-/m0/s1. The molecule has 4 rings (SSSR count). The zero-order valence-electron chi connectivity index (χ0n) is 34.6. The molecule has 19 nitrogen and oxygen atoms in total. The third kappa shape index (κ3) is 12.6. The molecule has 61 heavy (non-hydrogen) atoms. The van der Waals surface area contributed by atoms with Gasteiger partial charge in [0, 0.05) is 59.1 Å². The van der Waals surface area contributed by atoms with Crippen molar-refractivity contribution < 1.29 is 90.5 Å². The molecular weight excluding hydrogens is 832 g/mol. The van der Waals surface area contributed by atoms with Crippen LogP contribution >= 0.6 is 11.6 Å². The third-order valence-corrected chi connectivity index (χ3v) is 9.33. The topological polar surface area (TPSA) is 238 Å². The largest absolute Gasteiger partial charge is 0.494 e. The zero-order chi connectivity index (χ0) is 45.2. The van der Waals surface area contributed by atoms with Crippen LogP contribution in [0.5, 0.6) is 5.75 Å². The number of esters is 8. The number of rotatable bonds is 16. The molecule has 2 aliphatic heterocycles. The van der Waals surface area contributed by atoms with Crippen molar-refractivity contribution in [2.45, 2.75) is 116 Å². The molecule has 2 fully saturated rings. The van der Waals surface area contributed by atoms with Crippen molar-refractivity contribution in [3.05, 3.63) is 64.2 Å². The molecule has 20 heteroatoms. The van der Waals surface area contributed by atoms with Crippen molar-refractivity contribution in [3.63, 3.8) is 0 Å².